The Morgan fingerprint density at radius 3 is 2.83 bits per heavy atom. The summed E-state index contributed by atoms with van der Waals surface area (Å²) >= 11 is 0. The molecule has 1 aliphatic heterocycles. The molecule has 0 radical (unpaired) electrons. The van der Waals surface area contributed by atoms with E-state index in [1.165, 1.54) is 6.07 Å². The minimum absolute atomic E-state index is 0.00759. The largest absolute Gasteiger partial charge is 0.394 e. The molecule has 4 aromatic rings. The number of aliphatic hydroxyl groups excluding tert-OH is 2. The SMILES string of the molecule is O=C(CN1CCc2c(nc(Cc3ccc(F)c(F)c3)c3[nH]c4ccccc4c23)C1)NCC(O)CO. The topological polar surface area (TPSA) is 101 Å². The number of aromatic nitrogens is 2. The third kappa shape index (κ3) is 4.75. The molecule has 7 nitrogen and oxygen atoms in total. The number of benzene rings is 2. The summed E-state index contributed by atoms with van der Waals surface area (Å²) in [4.78, 5) is 22.7. The molecule has 0 aliphatic carbocycles. The molecule has 2 aromatic heterocycles. The van der Waals surface area contributed by atoms with Crippen LogP contribution < -0.4 is 5.32 Å². The number of H-pyrrole nitrogens is 1. The third-order valence-corrected chi connectivity index (χ3v) is 6.43. The molecule has 1 atom stereocenters. The van der Waals surface area contributed by atoms with E-state index in [4.69, 9.17) is 10.1 Å². The van der Waals surface area contributed by atoms with Gasteiger partial charge in [0.1, 0.15) is 0 Å². The standard InChI is InChI=1S/C26H26F2N4O3/c27-19-6-5-15(9-20(19)28)10-22-26-25(17-3-1-2-4-21(17)31-26)18-7-8-32(12-23(18)30-22)13-24(35)29-11-16(34)14-33/h1-6,9,16,31,33-34H,7-8,10-14H2,(H,29,35). The lowest BCUT2D eigenvalue weighted by Gasteiger charge is -2.28. The summed E-state index contributed by atoms with van der Waals surface area (Å²) < 4.78 is 27.3. The van der Waals surface area contributed by atoms with Gasteiger partial charge in [0.05, 0.1) is 36.2 Å². The van der Waals surface area contributed by atoms with E-state index in [-0.39, 0.29) is 19.0 Å². The Balaban J connectivity index is 1.49. The fourth-order valence-corrected chi connectivity index (χ4v) is 4.72. The molecule has 5 rings (SSSR count). The highest BCUT2D eigenvalue weighted by Crippen LogP contribution is 2.34. The number of hydrogen-bond donors (Lipinski definition) is 4. The van der Waals surface area contributed by atoms with Gasteiger partial charge in [-0.2, -0.15) is 0 Å². The van der Waals surface area contributed by atoms with Gasteiger partial charge in [-0.25, -0.2) is 8.78 Å². The zero-order valence-electron chi connectivity index (χ0n) is 19.0. The number of nitrogens with one attached hydrogen (secondary N) is 2. The number of para-hydroxylation sites is 1. The van der Waals surface area contributed by atoms with Gasteiger partial charge in [0.25, 0.3) is 0 Å². The maximum Gasteiger partial charge on any atom is 0.234 e. The molecular formula is C26H26F2N4O3. The van der Waals surface area contributed by atoms with E-state index in [1.54, 1.807) is 6.07 Å². The number of rotatable bonds is 7. The van der Waals surface area contributed by atoms with Crippen LogP contribution in [0.5, 0.6) is 0 Å². The molecule has 0 saturated carbocycles. The van der Waals surface area contributed by atoms with Crippen LogP contribution in [0.25, 0.3) is 21.8 Å². The number of amides is 1. The predicted octanol–water partition coefficient (Wildman–Crippen LogP) is 2.41. The minimum Gasteiger partial charge on any atom is -0.394 e. The monoisotopic (exact) mass is 480 g/mol. The number of aliphatic hydroxyl groups is 2. The van der Waals surface area contributed by atoms with Crippen LogP contribution in [0, 0.1) is 11.6 Å². The Labute approximate surface area is 200 Å². The Kier molecular flexibility index (Phi) is 6.46. The molecule has 1 amide bonds. The molecule has 4 N–H and O–H groups in total. The van der Waals surface area contributed by atoms with Gasteiger partial charge >= 0.3 is 0 Å². The fraction of sp³-hybridized carbons (Fsp3) is 0.308. The maximum atomic E-state index is 13.9. The van der Waals surface area contributed by atoms with Crippen LogP contribution in [0.2, 0.25) is 0 Å². The summed E-state index contributed by atoms with van der Waals surface area (Å²) in [5.74, 6) is -2.02. The first-order chi connectivity index (χ1) is 16.9. The normalized spacial score (nSPS) is 14.9. The second-order valence-electron chi connectivity index (χ2n) is 8.93. The van der Waals surface area contributed by atoms with Gasteiger partial charge in [0.15, 0.2) is 11.6 Å². The first-order valence-corrected chi connectivity index (χ1v) is 11.6. The van der Waals surface area contributed by atoms with Gasteiger partial charge < -0.3 is 20.5 Å². The number of pyridine rings is 1. The van der Waals surface area contributed by atoms with E-state index in [1.807, 2.05) is 23.1 Å². The van der Waals surface area contributed by atoms with Crippen LogP contribution in [0.3, 0.4) is 0 Å². The second-order valence-corrected chi connectivity index (χ2v) is 8.93. The molecule has 35 heavy (non-hydrogen) atoms. The van der Waals surface area contributed by atoms with Gasteiger partial charge in [0, 0.05) is 42.3 Å². The average Bonchev–Trinajstić information content (AvgIpc) is 3.25. The van der Waals surface area contributed by atoms with Gasteiger partial charge in [0.2, 0.25) is 5.91 Å². The Bertz CT molecular complexity index is 1400. The Morgan fingerprint density at radius 2 is 2.03 bits per heavy atom. The van der Waals surface area contributed by atoms with Crippen LogP contribution in [-0.4, -0.2) is 63.3 Å². The van der Waals surface area contributed by atoms with Crippen LogP contribution in [-0.2, 0) is 24.2 Å². The van der Waals surface area contributed by atoms with Gasteiger partial charge in [-0.15, -0.1) is 0 Å². The van der Waals surface area contributed by atoms with Crippen LogP contribution in [0.4, 0.5) is 8.78 Å². The average molecular weight is 481 g/mol. The van der Waals surface area contributed by atoms with E-state index >= 15 is 0 Å². The molecule has 1 unspecified atom stereocenters. The number of aromatic amines is 1. The van der Waals surface area contributed by atoms with Gasteiger partial charge in [-0.05, 0) is 35.7 Å². The molecule has 0 fully saturated rings. The van der Waals surface area contributed by atoms with Gasteiger partial charge in [-0.3, -0.25) is 14.7 Å². The molecular weight excluding hydrogens is 454 g/mol. The summed E-state index contributed by atoms with van der Waals surface area (Å²) in [7, 11) is 0. The quantitative estimate of drug-likeness (QED) is 0.326. The highest BCUT2D eigenvalue weighted by Gasteiger charge is 2.25. The maximum absolute atomic E-state index is 13.9. The first-order valence-electron chi connectivity index (χ1n) is 11.6. The molecule has 9 heteroatoms. The van der Waals surface area contributed by atoms with Crippen molar-refractivity contribution in [1.29, 1.82) is 0 Å². The van der Waals surface area contributed by atoms with E-state index in [0.29, 0.717) is 31.5 Å². The van der Waals surface area contributed by atoms with Crippen molar-refractivity contribution < 1.29 is 23.8 Å². The van der Waals surface area contributed by atoms with E-state index in [2.05, 4.69) is 16.4 Å². The van der Waals surface area contributed by atoms with Crippen molar-refractivity contribution in [2.24, 2.45) is 0 Å². The summed E-state index contributed by atoms with van der Waals surface area (Å²) in [6, 6.07) is 11.9. The van der Waals surface area contributed by atoms with Crippen LogP contribution >= 0.6 is 0 Å². The second kappa shape index (κ2) is 9.69. The summed E-state index contributed by atoms with van der Waals surface area (Å²) in [6.07, 6.45) is 0.0446. The van der Waals surface area contributed by atoms with Crippen molar-refractivity contribution in [2.75, 3.05) is 26.2 Å². The van der Waals surface area contributed by atoms with Crippen molar-refractivity contribution in [3.63, 3.8) is 0 Å². The van der Waals surface area contributed by atoms with Crippen molar-refractivity contribution in [3.05, 3.63) is 76.6 Å². The number of hydrogen-bond acceptors (Lipinski definition) is 5. The van der Waals surface area contributed by atoms with Crippen molar-refractivity contribution in [3.8, 4) is 0 Å². The number of carbonyl (C=O) groups excluding carboxylic acids is 1. The Morgan fingerprint density at radius 1 is 1.20 bits per heavy atom. The van der Waals surface area contributed by atoms with E-state index < -0.39 is 24.3 Å². The number of halogens is 2. The lowest BCUT2D eigenvalue weighted by Crippen LogP contribution is -2.42. The third-order valence-electron chi connectivity index (χ3n) is 6.43. The number of fused-ring (bicyclic) bond motifs is 5. The smallest absolute Gasteiger partial charge is 0.234 e. The molecule has 0 spiro atoms. The highest BCUT2D eigenvalue weighted by molar-refractivity contribution is 6.10. The number of nitrogens with zero attached hydrogens (tertiary/aromatic N) is 2. The van der Waals surface area contributed by atoms with Crippen LogP contribution in [0.15, 0.2) is 42.5 Å². The lowest BCUT2D eigenvalue weighted by molar-refractivity contribution is -0.123. The molecule has 0 saturated heterocycles. The van der Waals surface area contributed by atoms with Crippen molar-refractivity contribution in [1.82, 2.24) is 20.2 Å². The Hall–Kier alpha value is -3.40. The van der Waals surface area contributed by atoms with Crippen LogP contribution in [0.1, 0.15) is 22.5 Å². The molecule has 1 aliphatic rings. The zero-order chi connectivity index (χ0) is 24.5. The zero-order valence-corrected chi connectivity index (χ0v) is 19.0. The lowest BCUT2D eigenvalue weighted by atomic mass is 9.96. The van der Waals surface area contributed by atoms with E-state index in [0.717, 1.165) is 44.8 Å². The first kappa shape index (κ1) is 23.3. The fourth-order valence-electron chi connectivity index (χ4n) is 4.72. The minimum atomic E-state index is -0.989. The predicted molar refractivity (Wildman–Crippen MR) is 128 cm³/mol. The highest BCUT2D eigenvalue weighted by atomic mass is 19.2. The van der Waals surface area contributed by atoms with Crippen molar-refractivity contribution >= 4 is 27.7 Å². The molecule has 3 heterocycles. The summed E-state index contributed by atoms with van der Waals surface area (Å²) in [5, 5.41) is 23.2. The summed E-state index contributed by atoms with van der Waals surface area (Å²) in [6.45, 7) is 0.853. The number of carbonyl (C=O) groups is 1. The van der Waals surface area contributed by atoms with Gasteiger partial charge in [-0.1, -0.05) is 24.3 Å². The van der Waals surface area contributed by atoms with E-state index in [9.17, 15) is 18.7 Å². The molecule has 182 valence electrons. The molecule has 2 aromatic carbocycles. The molecule has 0 bridgehead atoms. The van der Waals surface area contributed by atoms with Crippen molar-refractivity contribution in [2.45, 2.75) is 25.5 Å². The summed E-state index contributed by atoms with van der Waals surface area (Å²) in [5.41, 5.74) is 5.20.